The highest BCUT2D eigenvalue weighted by Crippen LogP contribution is 2.50. The van der Waals surface area contributed by atoms with Crippen LogP contribution in [0.3, 0.4) is 0 Å². The third-order valence-electron chi connectivity index (χ3n) is 6.01. The summed E-state index contributed by atoms with van der Waals surface area (Å²) in [6, 6.07) is 13.6. The van der Waals surface area contributed by atoms with E-state index in [0.717, 1.165) is 0 Å². The lowest BCUT2D eigenvalue weighted by Gasteiger charge is -2.43. The van der Waals surface area contributed by atoms with Gasteiger partial charge in [0.15, 0.2) is 5.78 Å². The minimum absolute atomic E-state index is 0.0650. The van der Waals surface area contributed by atoms with E-state index < -0.39 is 21.8 Å². The molecule has 0 saturated carbocycles. The van der Waals surface area contributed by atoms with Crippen molar-refractivity contribution in [3.05, 3.63) is 82.6 Å². The number of allylic oxidation sites excluding steroid dienone is 3. The molecule has 0 amide bonds. The van der Waals surface area contributed by atoms with Crippen LogP contribution in [0.25, 0.3) is 0 Å². The van der Waals surface area contributed by atoms with Gasteiger partial charge in [0.05, 0.1) is 22.5 Å². The number of carbonyl (C=O) groups excluding carboxylic acids is 1. The number of carbonyl (C=O) groups is 1. The van der Waals surface area contributed by atoms with E-state index in [-0.39, 0.29) is 27.5 Å². The Balaban J connectivity index is 1.96. The van der Waals surface area contributed by atoms with Crippen molar-refractivity contribution in [3.63, 3.8) is 0 Å². The summed E-state index contributed by atoms with van der Waals surface area (Å²) in [5.74, 6) is -1.11. The Morgan fingerprint density at radius 2 is 1.70 bits per heavy atom. The van der Waals surface area contributed by atoms with Crippen LogP contribution < -0.4 is 15.8 Å². The number of benzene rings is 2. The SMILES string of the molecule is CC1(C)CC(=O)C2=C(C1)N(c1ccc(S(N)(=O)=O)cc1)C(N)=C(C#N)C2c1ccc(F)cc1. The number of hydrogen-bond donors (Lipinski definition) is 2. The second-order valence-corrected chi connectivity index (χ2v) is 10.6. The van der Waals surface area contributed by atoms with E-state index in [1.165, 1.54) is 36.4 Å². The van der Waals surface area contributed by atoms with Gasteiger partial charge in [-0.25, -0.2) is 17.9 Å². The molecule has 2 aromatic rings. The van der Waals surface area contributed by atoms with Gasteiger partial charge in [-0.2, -0.15) is 5.26 Å². The Labute approximate surface area is 191 Å². The molecular weight excluding hydrogens is 443 g/mol. The van der Waals surface area contributed by atoms with Crippen molar-refractivity contribution in [2.45, 2.75) is 37.5 Å². The number of ketones is 1. The fraction of sp³-hybridized carbons (Fsp3) is 0.250. The van der Waals surface area contributed by atoms with E-state index in [1.807, 2.05) is 13.8 Å². The van der Waals surface area contributed by atoms with Gasteiger partial charge in [-0.3, -0.25) is 9.69 Å². The number of nitrogens with two attached hydrogens (primary N) is 2. The smallest absolute Gasteiger partial charge is 0.238 e. The maximum absolute atomic E-state index is 13.6. The standard InChI is InChI=1S/C24H23FN4O3S/c1-24(2)11-19-22(20(30)12-24)21(14-3-5-15(25)6-4-14)18(13-26)23(27)29(19)16-7-9-17(10-8-16)33(28,31)32/h3-10,21H,11-12,27H2,1-2H3,(H2,28,31,32). The Kier molecular flexibility index (Phi) is 5.39. The van der Waals surface area contributed by atoms with Crippen LogP contribution in [0.15, 0.2) is 76.1 Å². The first-order chi connectivity index (χ1) is 15.4. The van der Waals surface area contributed by atoms with E-state index in [1.54, 1.807) is 17.0 Å². The quantitative estimate of drug-likeness (QED) is 0.713. The van der Waals surface area contributed by atoms with Crippen molar-refractivity contribution >= 4 is 21.5 Å². The highest BCUT2D eigenvalue weighted by Gasteiger charge is 2.44. The van der Waals surface area contributed by atoms with E-state index in [0.29, 0.717) is 35.4 Å². The van der Waals surface area contributed by atoms with E-state index in [4.69, 9.17) is 10.9 Å². The first-order valence-electron chi connectivity index (χ1n) is 10.3. The minimum Gasteiger partial charge on any atom is -0.384 e. The molecule has 0 bridgehead atoms. The summed E-state index contributed by atoms with van der Waals surface area (Å²) in [6.07, 6.45) is 0.794. The molecule has 2 aromatic carbocycles. The number of primary sulfonamides is 1. The average molecular weight is 467 g/mol. The average Bonchev–Trinajstić information content (AvgIpc) is 2.72. The summed E-state index contributed by atoms with van der Waals surface area (Å²) in [4.78, 5) is 15.0. The van der Waals surface area contributed by atoms with Gasteiger partial charge in [-0.05, 0) is 53.8 Å². The van der Waals surface area contributed by atoms with Crippen LogP contribution in [0, 0.1) is 22.6 Å². The zero-order valence-corrected chi connectivity index (χ0v) is 19.0. The molecule has 1 aliphatic heterocycles. The Hall–Kier alpha value is -3.48. The van der Waals surface area contributed by atoms with E-state index in [2.05, 4.69) is 6.07 Å². The molecule has 170 valence electrons. The van der Waals surface area contributed by atoms with Crippen molar-refractivity contribution in [1.29, 1.82) is 5.26 Å². The summed E-state index contributed by atoms with van der Waals surface area (Å²) in [6.45, 7) is 3.95. The number of anilines is 1. The summed E-state index contributed by atoms with van der Waals surface area (Å²) in [7, 11) is -3.89. The number of hydrogen-bond acceptors (Lipinski definition) is 6. The molecule has 4 N–H and O–H groups in total. The van der Waals surface area contributed by atoms with Crippen LogP contribution in [0.4, 0.5) is 10.1 Å². The lowest BCUT2D eigenvalue weighted by atomic mass is 9.68. The van der Waals surface area contributed by atoms with Gasteiger partial charge in [-0.15, -0.1) is 0 Å². The number of rotatable bonds is 3. The summed E-state index contributed by atoms with van der Waals surface area (Å²) < 4.78 is 36.9. The first kappa shape index (κ1) is 22.7. The molecule has 1 aliphatic carbocycles. The summed E-state index contributed by atoms with van der Waals surface area (Å²) >= 11 is 0. The second kappa shape index (κ2) is 7.83. The zero-order valence-electron chi connectivity index (χ0n) is 18.2. The molecule has 0 spiro atoms. The summed E-state index contributed by atoms with van der Waals surface area (Å²) in [5, 5.41) is 15.2. The molecule has 1 heterocycles. The van der Waals surface area contributed by atoms with Crippen molar-refractivity contribution in [1.82, 2.24) is 0 Å². The number of nitriles is 1. The molecule has 0 radical (unpaired) electrons. The maximum atomic E-state index is 13.6. The molecule has 1 atom stereocenters. The van der Waals surface area contributed by atoms with Crippen LogP contribution in [-0.4, -0.2) is 14.2 Å². The number of Topliss-reactive ketones (excluding diaryl/α,β-unsaturated/α-hetero) is 1. The number of sulfonamides is 1. The van der Waals surface area contributed by atoms with Gasteiger partial charge < -0.3 is 5.73 Å². The largest absolute Gasteiger partial charge is 0.384 e. The molecule has 0 saturated heterocycles. The van der Waals surface area contributed by atoms with E-state index >= 15 is 0 Å². The predicted molar refractivity (Wildman–Crippen MR) is 121 cm³/mol. The van der Waals surface area contributed by atoms with Crippen molar-refractivity contribution < 1.29 is 17.6 Å². The molecule has 7 nitrogen and oxygen atoms in total. The van der Waals surface area contributed by atoms with Crippen LogP contribution in [0.1, 0.15) is 38.2 Å². The van der Waals surface area contributed by atoms with Crippen LogP contribution in [0.5, 0.6) is 0 Å². The zero-order chi connectivity index (χ0) is 24.1. The van der Waals surface area contributed by atoms with Crippen molar-refractivity contribution in [2.75, 3.05) is 4.90 Å². The molecule has 33 heavy (non-hydrogen) atoms. The van der Waals surface area contributed by atoms with Crippen LogP contribution in [-0.2, 0) is 14.8 Å². The van der Waals surface area contributed by atoms with Crippen LogP contribution in [0.2, 0.25) is 0 Å². The van der Waals surface area contributed by atoms with Crippen LogP contribution >= 0.6 is 0 Å². The van der Waals surface area contributed by atoms with Crippen molar-refractivity contribution in [2.24, 2.45) is 16.3 Å². The van der Waals surface area contributed by atoms with Gasteiger partial charge in [0.25, 0.3) is 0 Å². The third kappa shape index (κ3) is 4.03. The van der Waals surface area contributed by atoms with Gasteiger partial charge in [0.1, 0.15) is 11.6 Å². The topological polar surface area (TPSA) is 130 Å². The second-order valence-electron chi connectivity index (χ2n) is 9.07. The fourth-order valence-electron chi connectivity index (χ4n) is 4.58. The van der Waals surface area contributed by atoms with Gasteiger partial charge in [0, 0.05) is 23.4 Å². The Bertz CT molecular complexity index is 1350. The number of halogens is 1. The lowest BCUT2D eigenvalue weighted by molar-refractivity contribution is -0.118. The molecule has 1 unspecified atom stereocenters. The molecule has 9 heteroatoms. The fourth-order valence-corrected chi connectivity index (χ4v) is 5.09. The van der Waals surface area contributed by atoms with Gasteiger partial charge >= 0.3 is 0 Å². The third-order valence-corrected chi connectivity index (χ3v) is 6.94. The Morgan fingerprint density at radius 1 is 1.09 bits per heavy atom. The maximum Gasteiger partial charge on any atom is 0.238 e. The molecular formula is C24H23FN4O3S. The molecule has 0 aromatic heterocycles. The molecule has 2 aliphatic rings. The molecule has 4 rings (SSSR count). The summed E-state index contributed by atoms with van der Waals surface area (Å²) in [5.41, 5.74) is 8.52. The monoisotopic (exact) mass is 466 g/mol. The molecule has 0 fully saturated rings. The lowest BCUT2D eigenvalue weighted by Crippen LogP contribution is -2.42. The van der Waals surface area contributed by atoms with E-state index in [9.17, 15) is 22.9 Å². The Morgan fingerprint density at radius 3 is 2.24 bits per heavy atom. The van der Waals surface area contributed by atoms with Gasteiger partial charge in [-0.1, -0.05) is 26.0 Å². The highest BCUT2D eigenvalue weighted by atomic mass is 32.2. The van der Waals surface area contributed by atoms with Gasteiger partial charge in [0.2, 0.25) is 10.0 Å². The number of nitrogens with zero attached hydrogens (tertiary/aromatic N) is 2. The first-order valence-corrected chi connectivity index (χ1v) is 11.8. The normalized spacial score (nSPS) is 20.5. The predicted octanol–water partition coefficient (Wildman–Crippen LogP) is 3.41. The van der Waals surface area contributed by atoms with Crippen molar-refractivity contribution in [3.8, 4) is 6.07 Å². The highest BCUT2D eigenvalue weighted by molar-refractivity contribution is 7.89. The minimum atomic E-state index is -3.89.